The Hall–Kier alpha value is -1.23. The van der Waals surface area contributed by atoms with Gasteiger partial charge in [-0.15, -0.1) is 11.3 Å². The maximum absolute atomic E-state index is 10.9. The Labute approximate surface area is 99.2 Å². The summed E-state index contributed by atoms with van der Waals surface area (Å²) < 4.78 is 0. The smallest absolute Gasteiger partial charge is 0.247 e. The summed E-state index contributed by atoms with van der Waals surface area (Å²) in [7, 11) is 0. The molecule has 1 aromatic heterocycles. The minimum absolute atomic E-state index is 0.266. The Kier molecular flexibility index (Phi) is 4.18. The Bertz CT molecular complexity index is 422. The van der Waals surface area contributed by atoms with Crippen molar-refractivity contribution in [2.24, 2.45) is 5.92 Å². The predicted molar refractivity (Wildman–Crippen MR) is 66.0 cm³/mol. The Morgan fingerprint density at radius 1 is 1.56 bits per heavy atom. The van der Waals surface area contributed by atoms with Crippen LogP contribution in [0.3, 0.4) is 0 Å². The first kappa shape index (κ1) is 12.8. The largest absolute Gasteiger partial charge is 0.259 e. The van der Waals surface area contributed by atoms with Crippen molar-refractivity contribution >= 4 is 17.4 Å². The van der Waals surface area contributed by atoms with Gasteiger partial charge >= 0.3 is 0 Å². The molecule has 0 N–H and O–H groups in total. The number of aryl methyl sites for hydroxylation is 2. The quantitative estimate of drug-likeness (QED) is 0.598. The molecule has 0 aliphatic heterocycles. The predicted octanol–water partition coefficient (Wildman–Crippen LogP) is 3.42. The number of nitro groups is 1. The van der Waals surface area contributed by atoms with Crippen LogP contribution in [0.25, 0.3) is 6.08 Å². The zero-order valence-electron chi connectivity index (χ0n) is 9.98. The van der Waals surface area contributed by atoms with Gasteiger partial charge < -0.3 is 0 Å². The fraction of sp³-hybridized carbons (Fsp3) is 0.545. The molecule has 1 rings (SSSR count). The van der Waals surface area contributed by atoms with Crippen LogP contribution >= 0.6 is 11.3 Å². The van der Waals surface area contributed by atoms with Gasteiger partial charge in [0.1, 0.15) is 0 Å². The zero-order chi connectivity index (χ0) is 12.3. The van der Waals surface area contributed by atoms with Gasteiger partial charge in [0.05, 0.1) is 20.5 Å². The van der Waals surface area contributed by atoms with Crippen molar-refractivity contribution in [3.8, 4) is 0 Å². The average Bonchev–Trinajstić information content (AvgIpc) is 2.43. The van der Waals surface area contributed by atoms with Crippen molar-refractivity contribution in [3.05, 3.63) is 31.4 Å². The van der Waals surface area contributed by atoms with E-state index in [1.165, 1.54) is 11.3 Å². The molecule has 0 atom stereocenters. The molecular weight excluding hydrogens is 224 g/mol. The van der Waals surface area contributed by atoms with E-state index < -0.39 is 0 Å². The molecule has 1 aromatic rings. The van der Waals surface area contributed by atoms with E-state index in [9.17, 15) is 10.1 Å². The molecule has 0 unspecified atom stereocenters. The van der Waals surface area contributed by atoms with Gasteiger partial charge in [0.25, 0.3) is 0 Å². The summed E-state index contributed by atoms with van der Waals surface area (Å²) in [6.45, 7) is 7.73. The van der Waals surface area contributed by atoms with Gasteiger partial charge in [-0.3, -0.25) is 10.1 Å². The van der Waals surface area contributed by atoms with Gasteiger partial charge in [0.15, 0.2) is 0 Å². The molecule has 0 radical (unpaired) electrons. The molecule has 0 saturated carbocycles. The Morgan fingerprint density at radius 2 is 2.19 bits per heavy atom. The summed E-state index contributed by atoms with van der Waals surface area (Å²) in [4.78, 5) is 15.7. The van der Waals surface area contributed by atoms with E-state index in [0.29, 0.717) is 6.42 Å². The molecular formula is C11H16N2O2S. The number of hydrogen-bond donors (Lipinski definition) is 0. The SMILES string of the molecule is Cc1nc(C)c(C=C(CC(C)C)[N+](=O)[O-])s1. The van der Waals surface area contributed by atoms with Crippen LogP contribution in [0.2, 0.25) is 0 Å². The monoisotopic (exact) mass is 240 g/mol. The van der Waals surface area contributed by atoms with Crippen molar-refractivity contribution in [3.63, 3.8) is 0 Å². The zero-order valence-corrected chi connectivity index (χ0v) is 10.8. The van der Waals surface area contributed by atoms with Gasteiger partial charge in [-0.1, -0.05) is 13.8 Å². The number of nitrogens with zero attached hydrogens (tertiary/aromatic N) is 2. The van der Waals surface area contributed by atoms with Crippen LogP contribution in [0.1, 0.15) is 35.8 Å². The van der Waals surface area contributed by atoms with E-state index in [1.807, 2.05) is 27.7 Å². The highest BCUT2D eigenvalue weighted by Crippen LogP contribution is 2.22. The van der Waals surface area contributed by atoms with Gasteiger partial charge in [0, 0.05) is 12.5 Å². The van der Waals surface area contributed by atoms with Crippen LogP contribution in [0.5, 0.6) is 0 Å². The number of aromatic nitrogens is 1. The standard InChI is InChI=1S/C11H16N2O2S/c1-7(2)5-10(13(14)15)6-11-8(3)12-9(4)16-11/h6-7H,5H2,1-4H3. The number of thiazole rings is 1. The lowest BCUT2D eigenvalue weighted by Gasteiger charge is -2.01. The molecule has 88 valence electrons. The third kappa shape index (κ3) is 3.41. The van der Waals surface area contributed by atoms with E-state index >= 15 is 0 Å². The normalized spacial score (nSPS) is 12.2. The molecule has 0 aliphatic carbocycles. The van der Waals surface area contributed by atoms with E-state index in [1.54, 1.807) is 6.08 Å². The molecule has 16 heavy (non-hydrogen) atoms. The highest BCUT2D eigenvalue weighted by Gasteiger charge is 2.14. The minimum Gasteiger partial charge on any atom is -0.259 e. The lowest BCUT2D eigenvalue weighted by Crippen LogP contribution is -2.02. The van der Waals surface area contributed by atoms with E-state index in [2.05, 4.69) is 4.98 Å². The van der Waals surface area contributed by atoms with Crippen molar-refractivity contribution in [1.82, 2.24) is 4.98 Å². The molecule has 0 amide bonds. The molecule has 0 saturated heterocycles. The third-order valence-corrected chi connectivity index (χ3v) is 3.11. The van der Waals surface area contributed by atoms with Gasteiger partial charge in [0.2, 0.25) is 5.70 Å². The summed E-state index contributed by atoms with van der Waals surface area (Å²) in [6, 6.07) is 0. The second-order valence-corrected chi connectivity index (χ2v) is 5.41. The highest BCUT2D eigenvalue weighted by atomic mass is 32.1. The van der Waals surface area contributed by atoms with Crippen LogP contribution in [0.15, 0.2) is 5.70 Å². The summed E-state index contributed by atoms with van der Waals surface area (Å²) in [5.41, 5.74) is 1.13. The summed E-state index contributed by atoms with van der Waals surface area (Å²) in [5.74, 6) is 0.283. The molecule has 0 fully saturated rings. The van der Waals surface area contributed by atoms with Gasteiger partial charge in [-0.2, -0.15) is 0 Å². The highest BCUT2D eigenvalue weighted by molar-refractivity contribution is 7.12. The summed E-state index contributed by atoms with van der Waals surface area (Å²) in [5, 5.41) is 11.8. The topological polar surface area (TPSA) is 56.0 Å². The van der Waals surface area contributed by atoms with Crippen molar-refractivity contribution in [1.29, 1.82) is 0 Å². The lowest BCUT2D eigenvalue weighted by molar-refractivity contribution is -0.427. The molecule has 5 heteroatoms. The molecule has 4 nitrogen and oxygen atoms in total. The van der Waals surface area contributed by atoms with Crippen LogP contribution in [-0.4, -0.2) is 9.91 Å². The fourth-order valence-electron chi connectivity index (χ4n) is 1.44. The van der Waals surface area contributed by atoms with Crippen LogP contribution in [-0.2, 0) is 0 Å². The summed E-state index contributed by atoms with van der Waals surface area (Å²) >= 11 is 1.50. The van der Waals surface area contributed by atoms with Gasteiger partial charge in [-0.05, 0) is 19.8 Å². The molecule has 0 aliphatic rings. The first-order chi connectivity index (χ1) is 7.40. The van der Waals surface area contributed by atoms with Crippen LogP contribution < -0.4 is 0 Å². The number of hydrogen-bond acceptors (Lipinski definition) is 4. The van der Waals surface area contributed by atoms with E-state index in [4.69, 9.17) is 0 Å². The van der Waals surface area contributed by atoms with Gasteiger partial charge in [-0.25, -0.2) is 4.98 Å². The maximum atomic E-state index is 10.9. The number of allylic oxidation sites excluding steroid dienone is 1. The third-order valence-electron chi connectivity index (χ3n) is 2.09. The second-order valence-electron chi connectivity index (χ2n) is 4.17. The summed E-state index contributed by atoms with van der Waals surface area (Å²) in [6.07, 6.45) is 2.14. The minimum atomic E-state index is -0.297. The van der Waals surface area contributed by atoms with Crippen molar-refractivity contribution in [2.45, 2.75) is 34.1 Å². The van der Waals surface area contributed by atoms with E-state index in [0.717, 1.165) is 15.6 Å². The molecule has 1 heterocycles. The van der Waals surface area contributed by atoms with Crippen molar-refractivity contribution < 1.29 is 4.92 Å². The average molecular weight is 240 g/mol. The fourth-order valence-corrected chi connectivity index (χ4v) is 2.33. The first-order valence-electron chi connectivity index (χ1n) is 5.19. The second kappa shape index (κ2) is 5.21. The van der Waals surface area contributed by atoms with Crippen LogP contribution in [0, 0.1) is 29.9 Å². The molecule has 0 spiro atoms. The van der Waals surface area contributed by atoms with E-state index in [-0.39, 0.29) is 16.5 Å². The first-order valence-corrected chi connectivity index (χ1v) is 6.00. The molecule has 0 bridgehead atoms. The Morgan fingerprint density at radius 3 is 2.56 bits per heavy atom. The maximum Gasteiger partial charge on any atom is 0.247 e. The Balaban J connectivity index is 3.02. The lowest BCUT2D eigenvalue weighted by atomic mass is 10.1. The van der Waals surface area contributed by atoms with Crippen molar-refractivity contribution in [2.75, 3.05) is 0 Å². The van der Waals surface area contributed by atoms with Crippen LogP contribution in [0.4, 0.5) is 0 Å². The molecule has 0 aromatic carbocycles. The number of rotatable bonds is 4.